The van der Waals surface area contributed by atoms with Gasteiger partial charge in [-0.25, -0.2) is 0 Å². The van der Waals surface area contributed by atoms with Crippen molar-refractivity contribution in [3.63, 3.8) is 0 Å². The molecule has 0 saturated heterocycles. The zero-order valence-corrected chi connectivity index (χ0v) is 10.9. The van der Waals surface area contributed by atoms with Crippen LogP contribution in [0.1, 0.15) is 52.9 Å². The highest BCUT2D eigenvalue weighted by Crippen LogP contribution is 2.30. The van der Waals surface area contributed by atoms with E-state index in [1.54, 1.807) is 0 Å². The predicted octanol–water partition coefficient (Wildman–Crippen LogP) is 2.15. The van der Waals surface area contributed by atoms with Gasteiger partial charge >= 0.3 is 0 Å². The SMILES string of the molecule is CCCC(N)CC(=O)N(CC1CC1)C(C)C. The van der Waals surface area contributed by atoms with Crippen molar-refractivity contribution in [2.75, 3.05) is 6.54 Å². The summed E-state index contributed by atoms with van der Waals surface area (Å²) in [6, 6.07) is 0.347. The number of hydrogen-bond acceptors (Lipinski definition) is 2. The molecule has 0 aromatic heterocycles. The van der Waals surface area contributed by atoms with E-state index in [-0.39, 0.29) is 11.9 Å². The third-order valence-corrected chi connectivity index (χ3v) is 3.19. The average molecular weight is 226 g/mol. The maximum Gasteiger partial charge on any atom is 0.224 e. The van der Waals surface area contributed by atoms with Crippen molar-refractivity contribution in [2.24, 2.45) is 11.7 Å². The lowest BCUT2D eigenvalue weighted by Crippen LogP contribution is -2.41. The Morgan fingerprint density at radius 2 is 2.06 bits per heavy atom. The van der Waals surface area contributed by atoms with E-state index in [0.717, 1.165) is 25.3 Å². The summed E-state index contributed by atoms with van der Waals surface area (Å²) in [6.07, 6.45) is 5.09. The molecule has 1 aliphatic carbocycles. The molecule has 3 heteroatoms. The molecule has 0 bridgehead atoms. The Balaban J connectivity index is 2.39. The lowest BCUT2D eigenvalue weighted by Gasteiger charge is -2.28. The highest BCUT2D eigenvalue weighted by atomic mass is 16.2. The number of rotatable bonds is 7. The molecule has 0 radical (unpaired) electrons. The third-order valence-electron chi connectivity index (χ3n) is 3.19. The van der Waals surface area contributed by atoms with Gasteiger partial charge in [0.2, 0.25) is 5.91 Å². The Hall–Kier alpha value is -0.570. The normalized spacial score (nSPS) is 17.6. The van der Waals surface area contributed by atoms with Crippen LogP contribution in [0.5, 0.6) is 0 Å². The topological polar surface area (TPSA) is 46.3 Å². The summed E-state index contributed by atoms with van der Waals surface area (Å²) in [7, 11) is 0. The van der Waals surface area contributed by atoms with Gasteiger partial charge in [0.1, 0.15) is 0 Å². The van der Waals surface area contributed by atoms with Gasteiger partial charge in [-0.1, -0.05) is 13.3 Å². The van der Waals surface area contributed by atoms with E-state index >= 15 is 0 Å². The van der Waals surface area contributed by atoms with Crippen molar-refractivity contribution in [1.82, 2.24) is 4.90 Å². The molecule has 0 heterocycles. The Morgan fingerprint density at radius 1 is 1.44 bits per heavy atom. The summed E-state index contributed by atoms with van der Waals surface area (Å²) >= 11 is 0. The van der Waals surface area contributed by atoms with Crippen LogP contribution in [0.15, 0.2) is 0 Å². The van der Waals surface area contributed by atoms with Crippen LogP contribution in [0.2, 0.25) is 0 Å². The first-order valence-electron chi connectivity index (χ1n) is 6.59. The first kappa shape index (κ1) is 13.5. The van der Waals surface area contributed by atoms with Gasteiger partial charge in [0, 0.05) is 25.0 Å². The smallest absolute Gasteiger partial charge is 0.224 e. The van der Waals surface area contributed by atoms with Gasteiger partial charge in [-0.05, 0) is 39.0 Å². The second-order valence-electron chi connectivity index (χ2n) is 5.34. The van der Waals surface area contributed by atoms with E-state index in [4.69, 9.17) is 5.73 Å². The van der Waals surface area contributed by atoms with E-state index in [0.29, 0.717) is 12.5 Å². The molecule has 3 nitrogen and oxygen atoms in total. The zero-order valence-electron chi connectivity index (χ0n) is 10.9. The van der Waals surface area contributed by atoms with Gasteiger partial charge in [-0.3, -0.25) is 4.79 Å². The second-order valence-corrected chi connectivity index (χ2v) is 5.34. The number of carbonyl (C=O) groups is 1. The van der Waals surface area contributed by atoms with Crippen LogP contribution in [0, 0.1) is 5.92 Å². The first-order valence-corrected chi connectivity index (χ1v) is 6.59. The van der Waals surface area contributed by atoms with Gasteiger partial charge in [0.05, 0.1) is 0 Å². The fraction of sp³-hybridized carbons (Fsp3) is 0.923. The van der Waals surface area contributed by atoms with Crippen molar-refractivity contribution < 1.29 is 4.79 Å². The molecular formula is C13H26N2O. The number of nitrogens with two attached hydrogens (primary N) is 1. The van der Waals surface area contributed by atoms with Crippen molar-refractivity contribution in [2.45, 2.75) is 65.0 Å². The number of hydrogen-bond donors (Lipinski definition) is 1. The number of carbonyl (C=O) groups excluding carboxylic acids is 1. The van der Waals surface area contributed by atoms with Gasteiger partial charge in [-0.15, -0.1) is 0 Å². The molecule has 1 saturated carbocycles. The Kier molecular flexibility index (Phi) is 5.26. The first-order chi connectivity index (χ1) is 7.54. The molecule has 0 aromatic rings. The zero-order chi connectivity index (χ0) is 12.1. The van der Waals surface area contributed by atoms with Crippen molar-refractivity contribution in [1.29, 1.82) is 0 Å². The Bertz CT molecular complexity index is 224. The second kappa shape index (κ2) is 6.24. The van der Waals surface area contributed by atoms with Crippen LogP contribution in [-0.4, -0.2) is 29.4 Å². The van der Waals surface area contributed by atoms with Gasteiger partial charge < -0.3 is 10.6 Å². The maximum atomic E-state index is 12.1. The molecule has 1 amide bonds. The highest BCUT2D eigenvalue weighted by molar-refractivity contribution is 5.77. The summed E-state index contributed by atoms with van der Waals surface area (Å²) in [4.78, 5) is 14.1. The summed E-state index contributed by atoms with van der Waals surface area (Å²) in [5.41, 5.74) is 5.92. The molecule has 2 N–H and O–H groups in total. The quantitative estimate of drug-likeness (QED) is 0.723. The van der Waals surface area contributed by atoms with Gasteiger partial charge in [0.25, 0.3) is 0 Å². The molecule has 1 rings (SSSR count). The van der Waals surface area contributed by atoms with Crippen LogP contribution < -0.4 is 5.73 Å². The lowest BCUT2D eigenvalue weighted by molar-refractivity contribution is -0.133. The van der Waals surface area contributed by atoms with Crippen LogP contribution >= 0.6 is 0 Å². The Morgan fingerprint density at radius 3 is 2.50 bits per heavy atom. The molecule has 0 aliphatic heterocycles. The minimum atomic E-state index is 0.0398. The molecule has 16 heavy (non-hydrogen) atoms. The van der Waals surface area contributed by atoms with E-state index in [2.05, 4.69) is 20.8 Å². The number of amides is 1. The summed E-state index contributed by atoms with van der Waals surface area (Å²) in [6.45, 7) is 7.22. The predicted molar refractivity (Wildman–Crippen MR) is 67.1 cm³/mol. The van der Waals surface area contributed by atoms with Crippen molar-refractivity contribution >= 4 is 5.91 Å². The minimum absolute atomic E-state index is 0.0398. The van der Waals surface area contributed by atoms with Crippen molar-refractivity contribution in [3.05, 3.63) is 0 Å². The van der Waals surface area contributed by atoms with Crippen LogP contribution in [0.3, 0.4) is 0 Å². The fourth-order valence-electron chi connectivity index (χ4n) is 1.99. The Labute approximate surface area is 99.4 Å². The van der Waals surface area contributed by atoms with Gasteiger partial charge in [0.15, 0.2) is 0 Å². The highest BCUT2D eigenvalue weighted by Gasteiger charge is 2.28. The molecule has 94 valence electrons. The van der Waals surface area contributed by atoms with Gasteiger partial charge in [-0.2, -0.15) is 0 Å². The van der Waals surface area contributed by atoms with Crippen LogP contribution in [0.4, 0.5) is 0 Å². The van der Waals surface area contributed by atoms with E-state index in [9.17, 15) is 4.79 Å². The molecule has 1 aliphatic rings. The fourth-order valence-corrected chi connectivity index (χ4v) is 1.99. The van der Waals surface area contributed by atoms with Crippen LogP contribution in [0.25, 0.3) is 0 Å². The van der Waals surface area contributed by atoms with Crippen LogP contribution in [-0.2, 0) is 4.79 Å². The van der Waals surface area contributed by atoms with E-state index < -0.39 is 0 Å². The van der Waals surface area contributed by atoms with E-state index in [1.165, 1.54) is 12.8 Å². The molecule has 0 spiro atoms. The maximum absolute atomic E-state index is 12.1. The monoisotopic (exact) mass is 226 g/mol. The van der Waals surface area contributed by atoms with Crippen molar-refractivity contribution in [3.8, 4) is 0 Å². The molecule has 1 fully saturated rings. The third kappa shape index (κ3) is 4.52. The number of nitrogens with zero attached hydrogens (tertiary/aromatic N) is 1. The lowest BCUT2D eigenvalue weighted by atomic mass is 10.1. The molecule has 1 atom stereocenters. The minimum Gasteiger partial charge on any atom is -0.340 e. The standard InChI is InChI=1S/C13H26N2O/c1-4-5-12(14)8-13(16)15(10(2)3)9-11-6-7-11/h10-12H,4-9,14H2,1-3H3. The summed E-state index contributed by atoms with van der Waals surface area (Å²) in [5.74, 6) is 0.997. The molecule has 0 aromatic carbocycles. The summed E-state index contributed by atoms with van der Waals surface area (Å²) in [5, 5.41) is 0. The average Bonchev–Trinajstić information content (AvgIpc) is 2.97. The summed E-state index contributed by atoms with van der Waals surface area (Å²) < 4.78 is 0. The molecule has 1 unspecified atom stereocenters. The van der Waals surface area contributed by atoms with E-state index in [1.807, 2.05) is 4.90 Å². The molecular weight excluding hydrogens is 200 g/mol. The largest absolute Gasteiger partial charge is 0.340 e.